The van der Waals surface area contributed by atoms with Crippen LogP contribution >= 0.6 is 0 Å². The fraction of sp³-hybridized carbons (Fsp3) is 0.600. The van der Waals surface area contributed by atoms with Crippen LogP contribution in [0.1, 0.15) is 49.8 Å². The molecule has 1 saturated carbocycles. The van der Waals surface area contributed by atoms with Gasteiger partial charge in [0.2, 0.25) is 0 Å². The predicted octanol–water partition coefficient (Wildman–Crippen LogP) is 4.18. The maximum atomic E-state index is 13.4. The van der Waals surface area contributed by atoms with Crippen LogP contribution in [0.4, 0.5) is 17.6 Å². The Morgan fingerprint density at radius 2 is 1.81 bits per heavy atom. The summed E-state index contributed by atoms with van der Waals surface area (Å²) < 4.78 is 52.8. The Morgan fingerprint density at radius 1 is 1.19 bits per heavy atom. The lowest BCUT2D eigenvalue weighted by atomic mass is 9.76. The molecule has 0 heterocycles. The van der Waals surface area contributed by atoms with Gasteiger partial charge in [-0.15, -0.1) is 0 Å². The van der Waals surface area contributed by atoms with E-state index in [4.69, 9.17) is 5.84 Å². The largest absolute Gasteiger partial charge is 0.416 e. The van der Waals surface area contributed by atoms with E-state index in [0.717, 1.165) is 43.9 Å². The first kappa shape index (κ1) is 16.2. The van der Waals surface area contributed by atoms with Crippen molar-refractivity contribution in [2.24, 2.45) is 17.7 Å². The number of hydrogen-bond acceptors (Lipinski definition) is 2. The quantitative estimate of drug-likeness (QED) is 0.499. The van der Waals surface area contributed by atoms with Crippen LogP contribution in [0.2, 0.25) is 0 Å². The molecule has 0 saturated heterocycles. The molecule has 6 heteroatoms. The lowest BCUT2D eigenvalue weighted by molar-refractivity contribution is -0.138. The van der Waals surface area contributed by atoms with Gasteiger partial charge in [0.05, 0.1) is 5.56 Å². The van der Waals surface area contributed by atoms with Gasteiger partial charge >= 0.3 is 6.18 Å². The monoisotopic (exact) mass is 304 g/mol. The van der Waals surface area contributed by atoms with Crippen LogP contribution in [-0.2, 0) is 6.18 Å². The molecule has 0 aliphatic heterocycles. The van der Waals surface area contributed by atoms with E-state index in [9.17, 15) is 17.6 Å². The minimum Gasteiger partial charge on any atom is -0.271 e. The molecule has 0 bridgehead atoms. The van der Waals surface area contributed by atoms with Gasteiger partial charge in [-0.2, -0.15) is 13.2 Å². The third-order valence-corrected chi connectivity index (χ3v) is 4.37. The fourth-order valence-corrected chi connectivity index (χ4v) is 3.15. The third-order valence-electron chi connectivity index (χ3n) is 4.37. The van der Waals surface area contributed by atoms with Crippen molar-refractivity contribution in [2.75, 3.05) is 0 Å². The normalized spacial score (nSPS) is 24.9. The van der Waals surface area contributed by atoms with Gasteiger partial charge in [-0.25, -0.2) is 4.39 Å². The first-order valence-corrected chi connectivity index (χ1v) is 7.15. The molecule has 2 rings (SSSR count). The van der Waals surface area contributed by atoms with E-state index < -0.39 is 23.6 Å². The Labute approximate surface area is 121 Å². The lowest BCUT2D eigenvalue weighted by Crippen LogP contribution is -2.36. The summed E-state index contributed by atoms with van der Waals surface area (Å²) >= 11 is 0. The molecule has 1 aliphatic rings. The van der Waals surface area contributed by atoms with E-state index in [1.165, 1.54) is 0 Å². The summed E-state index contributed by atoms with van der Waals surface area (Å²) in [4.78, 5) is 0. The van der Waals surface area contributed by atoms with Crippen LogP contribution < -0.4 is 11.3 Å². The van der Waals surface area contributed by atoms with Gasteiger partial charge in [0.1, 0.15) is 5.82 Å². The molecule has 21 heavy (non-hydrogen) atoms. The zero-order valence-electron chi connectivity index (χ0n) is 11.9. The molecule has 1 aliphatic carbocycles. The summed E-state index contributed by atoms with van der Waals surface area (Å²) in [5.41, 5.74) is 1.57. The summed E-state index contributed by atoms with van der Waals surface area (Å²) in [6.07, 6.45) is -1.01. The maximum absolute atomic E-state index is 13.4. The first-order chi connectivity index (χ1) is 9.82. The summed E-state index contributed by atoms with van der Waals surface area (Å²) in [6.45, 7) is 2.13. The highest BCUT2D eigenvalue weighted by molar-refractivity contribution is 5.33. The summed E-state index contributed by atoms with van der Waals surface area (Å²) in [6, 6.07) is 1.90. The lowest BCUT2D eigenvalue weighted by Gasteiger charge is -2.33. The van der Waals surface area contributed by atoms with Gasteiger partial charge in [0.25, 0.3) is 0 Å². The highest BCUT2D eigenvalue weighted by atomic mass is 19.4. The van der Waals surface area contributed by atoms with Crippen molar-refractivity contribution in [1.29, 1.82) is 0 Å². The third kappa shape index (κ3) is 3.74. The molecule has 0 radical (unpaired) electrons. The number of alkyl halides is 3. The van der Waals surface area contributed by atoms with Crippen LogP contribution in [-0.4, -0.2) is 0 Å². The number of nitrogens with two attached hydrogens (primary N) is 1. The van der Waals surface area contributed by atoms with Crippen LogP contribution in [0.5, 0.6) is 0 Å². The summed E-state index contributed by atoms with van der Waals surface area (Å²) in [7, 11) is 0. The van der Waals surface area contributed by atoms with E-state index >= 15 is 0 Å². The maximum Gasteiger partial charge on any atom is 0.416 e. The smallest absolute Gasteiger partial charge is 0.271 e. The molecule has 1 aromatic rings. The van der Waals surface area contributed by atoms with Crippen molar-refractivity contribution in [3.05, 3.63) is 35.1 Å². The van der Waals surface area contributed by atoms with Crippen molar-refractivity contribution < 1.29 is 17.6 Å². The van der Waals surface area contributed by atoms with Crippen molar-refractivity contribution in [2.45, 2.75) is 44.8 Å². The Kier molecular flexibility index (Phi) is 4.88. The molecule has 0 amide bonds. The van der Waals surface area contributed by atoms with Crippen molar-refractivity contribution in [3.63, 3.8) is 0 Å². The van der Waals surface area contributed by atoms with E-state index in [2.05, 4.69) is 12.3 Å². The molecule has 2 nitrogen and oxygen atoms in total. The molecule has 3 N–H and O–H groups in total. The summed E-state index contributed by atoms with van der Waals surface area (Å²) in [5.74, 6) is 5.39. The molecule has 1 aromatic carbocycles. The van der Waals surface area contributed by atoms with Crippen molar-refractivity contribution in [1.82, 2.24) is 5.43 Å². The zero-order chi connectivity index (χ0) is 15.6. The van der Waals surface area contributed by atoms with Gasteiger partial charge < -0.3 is 0 Å². The Balaban J connectivity index is 2.35. The van der Waals surface area contributed by atoms with Gasteiger partial charge in [-0.05, 0) is 48.4 Å². The molecule has 0 spiro atoms. The van der Waals surface area contributed by atoms with Crippen molar-refractivity contribution >= 4 is 0 Å². The Bertz CT molecular complexity index is 479. The molecule has 0 aromatic heterocycles. The number of hydrazine groups is 1. The number of nitrogens with one attached hydrogen (secondary N) is 1. The molecule has 1 atom stereocenters. The number of benzene rings is 1. The second-order valence-corrected chi connectivity index (χ2v) is 5.89. The van der Waals surface area contributed by atoms with Gasteiger partial charge in [0.15, 0.2) is 0 Å². The molecule has 118 valence electrons. The molecule has 1 fully saturated rings. The van der Waals surface area contributed by atoms with E-state index in [0.29, 0.717) is 5.92 Å². The average molecular weight is 304 g/mol. The zero-order valence-corrected chi connectivity index (χ0v) is 11.9. The highest BCUT2D eigenvalue weighted by Crippen LogP contribution is 2.41. The molecular formula is C15H20F4N2. The molecular weight excluding hydrogens is 284 g/mol. The highest BCUT2D eigenvalue weighted by Gasteiger charge is 2.37. The van der Waals surface area contributed by atoms with Crippen LogP contribution in [0.15, 0.2) is 18.2 Å². The van der Waals surface area contributed by atoms with E-state index in [1.54, 1.807) is 0 Å². The van der Waals surface area contributed by atoms with Gasteiger partial charge in [-0.3, -0.25) is 11.3 Å². The predicted molar refractivity (Wildman–Crippen MR) is 72.6 cm³/mol. The average Bonchev–Trinajstić information content (AvgIpc) is 2.40. The number of halogens is 4. The summed E-state index contributed by atoms with van der Waals surface area (Å²) in [5, 5.41) is 0. The topological polar surface area (TPSA) is 38.0 Å². The van der Waals surface area contributed by atoms with E-state index in [1.807, 2.05) is 0 Å². The minimum absolute atomic E-state index is 0.00546. The van der Waals surface area contributed by atoms with Crippen molar-refractivity contribution in [3.8, 4) is 0 Å². The number of hydrogen-bond donors (Lipinski definition) is 2. The SMILES string of the molecule is CC1CCC(C(NN)c2cc(F)ccc2C(F)(F)F)CC1. The first-order valence-electron chi connectivity index (χ1n) is 7.15. The second kappa shape index (κ2) is 6.32. The fourth-order valence-electron chi connectivity index (χ4n) is 3.15. The minimum atomic E-state index is -4.51. The Hall–Kier alpha value is -1.14. The second-order valence-electron chi connectivity index (χ2n) is 5.89. The Morgan fingerprint density at radius 3 is 2.33 bits per heavy atom. The standard InChI is InChI=1S/C15H20F4N2/c1-9-2-4-10(5-3-9)14(21-20)12-8-11(16)6-7-13(12)15(17,18)19/h6-10,14,21H,2-5,20H2,1H3. The van der Waals surface area contributed by atoms with Gasteiger partial charge in [0, 0.05) is 6.04 Å². The molecule has 1 unspecified atom stereocenters. The number of rotatable bonds is 3. The van der Waals surface area contributed by atoms with Crippen LogP contribution in [0.25, 0.3) is 0 Å². The van der Waals surface area contributed by atoms with Crippen LogP contribution in [0.3, 0.4) is 0 Å². The van der Waals surface area contributed by atoms with E-state index in [-0.39, 0.29) is 11.5 Å². The van der Waals surface area contributed by atoms with Gasteiger partial charge in [-0.1, -0.05) is 19.8 Å². The van der Waals surface area contributed by atoms with Crippen LogP contribution in [0, 0.1) is 17.7 Å².